The van der Waals surface area contributed by atoms with Gasteiger partial charge in [0.2, 0.25) is 5.92 Å². The molecule has 0 saturated heterocycles. The zero-order valence-electron chi connectivity index (χ0n) is 18.1. The van der Waals surface area contributed by atoms with Gasteiger partial charge in [0.1, 0.15) is 5.82 Å². The van der Waals surface area contributed by atoms with E-state index in [9.17, 15) is 19.2 Å². The Morgan fingerprint density at radius 3 is 2.25 bits per heavy atom. The molecule has 3 rings (SSSR count). The van der Waals surface area contributed by atoms with Gasteiger partial charge in [0.15, 0.2) is 11.2 Å². The van der Waals surface area contributed by atoms with E-state index in [2.05, 4.69) is 20.9 Å². The molecule has 32 heavy (non-hydrogen) atoms. The second-order valence-corrected chi connectivity index (χ2v) is 7.92. The largest absolute Gasteiger partial charge is 0.465 e. The molecule has 3 aromatic rings. The molecule has 0 aliphatic carbocycles. The van der Waals surface area contributed by atoms with E-state index in [1.165, 1.54) is 23.2 Å². The highest BCUT2D eigenvalue weighted by atomic mass is 79.9. The third kappa shape index (κ3) is 4.24. The van der Waals surface area contributed by atoms with Gasteiger partial charge in [-0.2, -0.15) is 0 Å². The Bertz CT molecular complexity index is 1290. The second kappa shape index (κ2) is 9.51. The number of aromatic nitrogens is 4. The van der Waals surface area contributed by atoms with Gasteiger partial charge in [-0.05, 0) is 31.5 Å². The van der Waals surface area contributed by atoms with Crippen molar-refractivity contribution in [3.8, 4) is 0 Å². The number of ether oxygens (including phenoxy) is 2. The summed E-state index contributed by atoms with van der Waals surface area (Å²) in [4.78, 5) is 55.4. The van der Waals surface area contributed by atoms with Crippen LogP contribution < -0.4 is 11.2 Å². The zero-order valence-corrected chi connectivity index (χ0v) is 19.7. The van der Waals surface area contributed by atoms with Crippen molar-refractivity contribution in [2.75, 3.05) is 13.2 Å². The Balaban J connectivity index is 2.37. The number of esters is 2. The summed E-state index contributed by atoms with van der Waals surface area (Å²) in [6.07, 6.45) is 0. The van der Waals surface area contributed by atoms with Gasteiger partial charge < -0.3 is 14.0 Å². The average Bonchev–Trinajstić information content (AvgIpc) is 3.10. The van der Waals surface area contributed by atoms with E-state index in [-0.39, 0.29) is 36.7 Å². The third-order valence-electron chi connectivity index (χ3n) is 4.91. The molecule has 0 aliphatic rings. The molecule has 10 nitrogen and oxygen atoms in total. The number of hydrogen-bond donors (Lipinski definition) is 0. The fourth-order valence-corrected chi connectivity index (χ4v) is 3.87. The molecule has 2 aromatic heterocycles. The number of hydrogen-bond acceptors (Lipinski definition) is 7. The van der Waals surface area contributed by atoms with Crippen molar-refractivity contribution in [2.45, 2.75) is 26.3 Å². The minimum absolute atomic E-state index is 0.0322. The number of rotatable bonds is 7. The number of carbonyl (C=O) groups is 2. The third-order valence-corrected chi connectivity index (χ3v) is 5.40. The smallest absolute Gasteiger partial charge is 0.332 e. The summed E-state index contributed by atoms with van der Waals surface area (Å²) < 4.78 is 14.6. The fraction of sp³-hybridized carbons (Fsp3) is 0.381. The second-order valence-electron chi connectivity index (χ2n) is 7.00. The SMILES string of the molecule is CCOC(=O)C(C(=O)OCC)c1nc2c(c(=O)n(C)c(=O)n2C)n1Cc1cccc(Br)c1. The normalized spacial score (nSPS) is 11.2. The average molecular weight is 507 g/mol. The van der Waals surface area contributed by atoms with Gasteiger partial charge in [0.05, 0.1) is 13.2 Å². The van der Waals surface area contributed by atoms with E-state index >= 15 is 0 Å². The molecular formula is C21H23BrN4O6. The first-order valence-electron chi connectivity index (χ1n) is 9.95. The molecule has 0 fully saturated rings. The van der Waals surface area contributed by atoms with Crippen LogP contribution in [-0.2, 0) is 39.7 Å². The topological polar surface area (TPSA) is 114 Å². The lowest BCUT2D eigenvalue weighted by Crippen LogP contribution is -2.37. The summed E-state index contributed by atoms with van der Waals surface area (Å²) in [5, 5.41) is 0. The van der Waals surface area contributed by atoms with Crippen molar-refractivity contribution in [3.63, 3.8) is 0 Å². The predicted octanol–water partition coefficient (Wildman–Crippen LogP) is 1.45. The fourth-order valence-electron chi connectivity index (χ4n) is 3.42. The monoisotopic (exact) mass is 506 g/mol. The highest BCUT2D eigenvalue weighted by molar-refractivity contribution is 9.10. The first-order chi connectivity index (χ1) is 15.2. The van der Waals surface area contributed by atoms with Crippen LogP contribution in [0.3, 0.4) is 0 Å². The van der Waals surface area contributed by atoms with Crippen molar-refractivity contribution >= 4 is 39.0 Å². The van der Waals surface area contributed by atoms with Crippen LogP contribution in [0.4, 0.5) is 0 Å². The number of aryl methyl sites for hydroxylation is 1. The minimum Gasteiger partial charge on any atom is -0.465 e. The lowest BCUT2D eigenvalue weighted by atomic mass is 10.1. The molecule has 0 amide bonds. The Morgan fingerprint density at radius 2 is 1.69 bits per heavy atom. The van der Waals surface area contributed by atoms with Gasteiger partial charge in [-0.15, -0.1) is 0 Å². The van der Waals surface area contributed by atoms with Crippen molar-refractivity contribution in [3.05, 3.63) is 61.0 Å². The molecule has 170 valence electrons. The Labute approximate surface area is 191 Å². The van der Waals surface area contributed by atoms with Crippen molar-refractivity contribution < 1.29 is 19.1 Å². The van der Waals surface area contributed by atoms with Crippen LogP contribution in [0.15, 0.2) is 38.3 Å². The highest BCUT2D eigenvalue weighted by Gasteiger charge is 2.37. The summed E-state index contributed by atoms with van der Waals surface area (Å²) >= 11 is 3.41. The summed E-state index contributed by atoms with van der Waals surface area (Å²) in [6.45, 7) is 3.43. The van der Waals surface area contributed by atoms with Crippen LogP contribution in [0.1, 0.15) is 31.2 Å². The van der Waals surface area contributed by atoms with E-state index in [0.29, 0.717) is 0 Å². The molecule has 0 N–H and O–H groups in total. The van der Waals surface area contributed by atoms with Crippen LogP contribution in [0.2, 0.25) is 0 Å². The molecule has 1 aromatic carbocycles. The maximum absolute atomic E-state index is 13.1. The quantitative estimate of drug-likeness (QED) is 0.351. The van der Waals surface area contributed by atoms with Gasteiger partial charge >= 0.3 is 17.6 Å². The summed E-state index contributed by atoms with van der Waals surface area (Å²) in [5.74, 6) is -3.25. The maximum atomic E-state index is 13.1. The molecule has 11 heteroatoms. The van der Waals surface area contributed by atoms with Gasteiger partial charge in [-0.1, -0.05) is 28.1 Å². The van der Waals surface area contributed by atoms with Gasteiger partial charge in [0, 0.05) is 25.1 Å². The first-order valence-corrected chi connectivity index (χ1v) is 10.7. The number of benzene rings is 1. The van der Waals surface area contributed by atoms with Crippen molar-refractivity contribution in [2.24, 2.45) is 14.1 Å². The summed E-state index contributed by atoms with van der Waals surface area (Å²) in [5.41, 5.74) is -0.250. The van der Waals surface area contributed by atoms with Crippen molar-refractivity contribution in [1.29, 1.82) is 0 Å². The number of fused-ring (bicyclic) bond motifs is 1. The molecule has 0 unspecified atom stereocenters. The first kappa shape index (κ1) is 23.5. The lowest BCUT2D eigenvalue weighted by Gasteiger charge is -2.16. The highest BCUT2D eigenvalue weighted by Crippen LogP contribution is 2.24. The van der Waals surface area contributed by atoms with Crippen LogP contribution in [0.25, 0.3) is 11.2 Å². The standard InChI is InChI=1S/C21H23BrN4O6/c1-5-31-19(28)14(20(29)32-6-2)16-23-17-15(18(27)25(4)21(30)24(17)3)26(16)11-12-8-7-9-13(22)10-12/h7-10,14H,5-6,11H2,1-4H3. The number of nitrogens with zero attached hydrogens (tertiary/aromatic N) is 4. The van der Waals surface area contributed by atoms with Crippen molar-refractivity contribution in [1.82, 2.24) is 18.7 Å². The molecule has 0 aliphatic heterocycles. The van der Waals surface area contributed by atoms with Gasteiger partial charge in [-0.25, -0.2) is 9.78 Å². The Hall–Kier alpha value is -3.21. The van der Waals surface area contributed by atoms with Crippen LogP contribution in [-0.4, -0.2) is 43.8 Å². The summed E-state index contributed by atoms with van der Waals surface area (Å²) in [7, 11) is 2.82. The predicted molar refractivity (Wildman–Crippen MR) is 119 cm³/mol. The lowest BCUT2D eigenvalue weighted by molar-refractivity contribution is -0.157. The summed E-state index contributed by atoms with van der Waals surface area (Å²) in [6, 6.07) is 7.34. The van der Waals surface area contributed by atoms with E-state index in [0.717, 1.165) is 14.6 Å². The van der Waals surface area contributed by atoms with E-state index in [1.807, 2.05) is 24.3 Å². The van der Waals surface area contributed by atoms with Gasteiger partial charge in [-0.3, -0.25) is 23.5 Å². The number of carbonyl (C=O) groups excluding carboxylic acids is 2. The number of imidazole rings is 1. The molecular weight excluding hydrogens is 484 g/mol. The molecule has 0 spiro atoms. The van der Waals surface area contributed by atoms with E-state index < -0.39 is 29.1 Å². The molecule has 0 bridgehead atoms. The van der Waals surface area contributed by atoms with Crippen LogP contribution in [0, 0.1) is 0 Å². The number of halogens is 1. The van der Waals surface area contributed by atoms with Crippen LogP contribution >= 0.6 is 15.9 Å². The van der Waals surface area contributed by atoms with E-state index in [4.69, 9.17) is 9.47 Å². The van der Waals surface area contributed by atoms with Gasteiger partial charge in [0.25, 0.3) is 5.56 Å². The van der Waals surface area contributed by atoms with Crippen LogP contribution in [0.5, 0.6) is 0 Å². The molecule has 0 saturated carbocycles. The Kier molecular flexibility index (Phi) is 6.97. The molecule has 0 radical (unpaired) electrons. The zero-order chi connectivity index (χ0) is 23.6. The minimum atomic E-state index is -1.52. The Morgan fingerprint density at radius 1 is 1.06 bits per heavy atom. The molecule has 2 heterocycles. The van der Waals surface area contributed by atoms with E-state index in [1.54, 1.807) is 13.8 Å². The molecule has 0 atom stereocenters. The maximum Gasteiger partial charge on any atom is 0.332 e.